The monoisotopic (exact) mass is 316 g/mol. The molecule has 0 bridgehead atoms. The largest absolute Gasteiger partial charge is 0.351 e. The summed E-state index contributed by atoms with van der Waals surface area (Å²) >= 11 is 0. The van der Waals surface area contributed by atoms with Gasteiger partial charge in [-0.05, 0) is 49.9 Å². The number of benzene rings is 2. The number of carbonyl (C=O) groups excluding carboxylic acids is 1. The molecule has 4 rings (SSSR count). The Kier molecular flexibility index (Phi) is 3.91. The molecule has 1 aliphatic heterocycles. The zero-order chi connectivity index (χ0) is 16.4. The minimum Gasteiger partial charge on any atom is -0.351 e. The molecule has 1 aliphatic carbocycles. The summed E-state index contributed by atoms with van der Waals surface area (Å²) in [4.78, 5) is 15.0. The molecule has 2 aromatic carbocycles. The Morgan fingerprint density at radius 1 is 0.875 bits per heavy atom. The third kappa shape index (κ3) is 2.62. The van der Waals surface area contributed by atoms with Crippen molar-refractivity contribution in [3.63, 3.8) is 0 Å². The highest BCUT2D eigenvalue weighted by Crippen LogP contribution is 2.38. The van der Waals surface area contributed by atoms with Crippen LogP contribution in [0.2, 0.25) is 0 Å². The highest BCUT2D eigenvalue weighted by atomic mass is 16.2. The van der Waals surface area contributed by atoms with Crippen LogP contribution in [0.25, 0.3) is 0 Å². The molecule has 120 valence electrons. The van der Waals surface area contributed by atoms with Gasteiger partial charge in [-0.3, -0.25) is 9.69 Å². The van der Waals surface area contributed by atoms with Gasteiger partial charge < -0.3 is 5.32 Å². The van der Waals surface area contributed by atoms with Crippen LogP contribution in [0.15, 0.2) is 83.7 Å². The van der Waals surface area contributed by atoms with E-state index in [0.29, 0.717) is 0 Å². The molecule has 0 spiro atoms. The molecule has 0 fully saturated rings. The average Bonchev–Trinajstić information content (AvgIpc) is 2.79. The maximum absolute atomic E-state index is 13.2. The number of nitrogens with one attached hydrogen (secondary N) is 1. The molecule has 2 aromatic rings. The quantitative estimate of drug-likeness (QED) is 0.877. The predicted octanol–water partition coefficient (Wildman–Crippen LogP) is 4.86. The Hall–Kier alpha value is -2.81. The Balaban J connectivity index is 1.76. The van der Waals surface area contributed by atoms with E-state index in [-0.39, 0.29) is 5.91 Å². The van der Waals surface area contributed by atoms with Crippen LogP contribution in [0.5, 0.6) is 0 Å². The second-order valence-corrected chi connectivity index (χ2v) is 6.16. The number of carbonyl (C=O) groups is 1. The standard InChI is InChI=1S/C21H20N2O/c24-21-20(22-16-10-4-1-5-11-16)18-14-8-3-9-15-19(18)23(21)17-12-6-2-7-13-17/h1-2,4-7,10-13,15,22H,3,8-9,14H2. The van der Waals surface area contributed by atoms with Crippen molar-refractivity contribution in [3.8, 4) is 0 Å². The van der Waals surface area contributed by atoms with Crippen LogP contribution in [0, 0.1) is 0 Å². The van der Waals surface area contributed by atoms with E-state index >= 15 is 0 Å². The summed E-state index contributed by atoms with van der Waals surface area (Å²) in [6.07, 6.45) is 6.46. The summed E-state index contributed by atoms with van der Waals surface area (Å²) in [5.41, 5.74) is 4.80. The number of fused-ring (bicyclic) bond motifs is 1. The second-order valence-electron chi connectivity index (χ2n) is 6.16. The first kappa shape index (κ1) is 14.8. The Morgan fingerprint density at radius 3 is 2.33 bits per heavy atom. The summed E-state index contributed by atoms with van der Waals surface area (Å²) in [6.45, 7) is 0. The molecule has 0 saturated heterocycles. The SMILES string of the molecule is O=C1C(Nc2ccccc2)=C2CCCCC=C2N1c1ccccc1. The zero-order valence-electron chi connectivity index (χ0n) is 13.5. The van der Waals surface area contributed by atoms with Crippen LogP contribution in [-0.2, 0) is 4.79 Å². The number of amides is 1. The second kappa shape index (κ2) is 6.36. The van der Waals surface area contributed by atoms with Crippen molar-refractivity contribution in [1.29, 1.82) is 0 Å². The first-order valence-electron chi connectivity index (χ1n) is 8.50. The molecular formula is C21H20N2O. The van der Waals surface area contributed by atoms with Crippen molar-refractivity contribution in [2.24, 2.45) is 0 Å². The molecule has 0 atom stereocenters. The number of allylic oxidation sites excluding steroid dienone is 2. The van der Waals surface area contributed by atoms with E-state index in [1.807, 2.05) is 65.6 Å². The molecule has 1 amide bonds. The van der Waals surface area contributed by atoms with Gasteiger partial charge in [-0.1, -0.05) is 42.5 Å². The van der Waals surface area contributed by atoms with Crippen molar-refractivity contribution in [1.82, 2.24) is 0 Å². The smallest absolute Gasteiger partial charge is 0.279 e. The van der Waals surface area contributed by atoms with Crippen LogP contribution in [-0.4, -0.2) is 5.91 Å². The van der Waals surface area contributed by atoms with E-state index in [0.717, 1.165) is 47.6 Å². The fraction of sp³-hybridized carbons (Fsp3) is 0.190. The molecule has 0 radical (unpaired) electrons. The van der Waals surface area contributed by atoms with E-state index in [9.17, 15) is 4.79 Å². The first-order valence-corrected chi connectivity index (χ1v) is 8.50. The Bertz CT molecular complexity index is 806. The molecule has 0 saturated carbocycles. The highest BCUT2D eigenvalue weighted by molar-refractivity contribution is 6.14. The van der Waals surface area contributed by atoms with Crippen molar-refractivity contribution in [3.05, 3.63) is 83.7 Å². The van der Waals surface area contributed by atoms with Crippen LogP contribution in [0.3, 0.4) is 0 Å². The average molecular weight is 316 g/mol. The van der Waals surface area contributed by atoms with Gasteiger partial charge in [0.05, 0.1) is 5.70 Å². The van der Waals surface area contributed by atoms with E-state index in [2.05, 4.69) is 11.4 Å². The van der Waals surface area contributed by atoms with E-state index < -0.39 is 0 Å². The molecule has 0 unspecified atom stereocenters. The van der Waals surface area contributed by atoms with Gasteiger partial charge in [0.2, 0.25) is 0 Å². The predicted molar refractivity (Wildman–Crippen MR) is 97.6 cm³/mol. The molecule has 24 heavy (non-hydrogen) atoms. The van der Waals surface area contributed by atoms with Gasteiger partial charge in [-0.25, -0.2) is 0 Å². The third-order valence-electron chi connectivity index (χ3n) is 4.54. The van der Waals surface area contributed by atoms with Gasteiger partial charge in [0.25, 0.3) is 5.91 Å². The summed E-state index contributed by atoms with van der Waals surface area (Å²) in [5.74, 6) is 0.0354. The van der Waals surface area contributed by atoms with Crippen molar-refractivity contribution in [2.45, 2.75) is 25.7 Å². The summed E-state index contributed by atoms with van der Waals surface area (Å²) in [6, 6.07) is 19.8. The molecule has 0 aromatic heterocycles. The maximum Gasteiger partial charge on any atom is 0.279 e. The normalized spacial score (nSPS) is 17.4. The lowest BCUT2D eigenvalue weighted by atomic mass is 10.1. The molecular weight excluding hydrogens is 296 g/mol. The summed E-state index contributed by atoms with van der Waals surface area (Å²) in [5, 5.41) is 3.36. The molecule has 3 nitrogen and oxygen atoms in total. The summed E-state index contributed by atoms with van der Waals surface area (Å²) in [7, 11) is 0. The van der Waals surface area contributed by atoms with E-state index in [1.165, 1.54) is 6.42 Å². The van der Waals surface area contributed by atoms with Crippen molar-refractivity contribution in [2.75, 3.05) is 10.2 Å². The van der Waals surface area contributed by atoms with Gasteiger partial charge in [0.15, 0.2) is 0 Å². The number of rotatable bonds is 3. The lowest BCUT2D eigenvalue weighted by Gasteiger charge is -2.19. The van der Waals surface area contributed by atoms with E-state index in [4.69, 9.17) is 0 Å². The number of hydrogen-bond acceptors (Lipinski definition) is 2. The molecule has 1 N–H and O–H groups in total. The van der Waals surface area contributed by atoms with Crippen molar-refractivity contribution < 1.29 is 4.79 Å². The zero-order valence-corrected chi connectivity index (χ0v) is 13.5. The number of anilines is 2. The van der Waals surface area contributed by atoms with Crippen LogP contribution in [0.4, 0.5) is 11.4 Å². The van der Waals surface area contributed by atoms with Gasteiger partial charge in [-0.2, -0.15) is 0 Å². The first-order chi connectivity index (χ1) is 11.8. The van der Waals surface area contributed by atoms with Gasteiger partial charge in [0, 0.05) is 16.9 Å². The number of para-hydroxylation sites is 2. The van der Waals surface area contributed by atoms with E-state index in [1.54, 1.807) is 0 Å². The Labute approximate surface area is 142 Å². The minimum absolute atomic E-state index is 0.0354. The van der Waals surface area contributed by atoms with Gasteiger partial charge in [-0.15, -0.1) is 0 Å². The topological polar surface area (TPSA) is 32.3 Å². The van der Waals surface area contributed by atoms with Crippen molar-refractivity contribution >= 4 is 17.3 Å². The lowest BCUT2D eigenvalue weighted by molar-refractivity contribution is -0.114. The third-order valence-corrected chi connectivity index (χ3v) is 4.54. The number of nitrogens with zero attached hydrogens (tertiary/aromatic N) is 1. The van der Waals surface area contributed by atoms with Gasteiger partial charge >= 0.3 is 0 Å². The van der Waals surface area contributed by atoms with Gasteiger partial charge in [0.1, 0.15) is 5.70 Å². The highest BCUT2D eigenvalue weighted by Gasteiger charge is 2.36. The van der Waals surface area contributed by atoms with Crippen LogP contribution < -0.4 is 10.2 Å². The minimum atomic E-state index is 0.0354. The molecule has 1 heterocycles. The molecule has 3 heteroatoms. The fourth-order valence-electron chi connectivity index (χ4n) is 3.39. The maximum atomic E-state index is 13.2. The molecule has 2 aliphatic rings. The number of hydrogen-bond donors (Lipinski definition) is 1. The fourth-order valence-corrected chi connectivity index (χ4v) is 3.39. The lowest BCUT2D eigenvalue weighted by Crippen LogP contribution is -2.27. The summed E-state index contributed by atoms with van der Waals surface area (Å²) < 4.78 is 0. The van der Waals surface area contributed by atoms with Crippen LogP contribution in [0.1, 0.15) is 25.7 Å². The Morgan fingerprint density at radius 2 is 1.58 bits per heavy atom. The van der Waals surface area contributed by atoms with Crippen LogP contribution >= 0.6 is 0 Å².